The third-order valence-corrected chi connectivity index (χ3v) is 0. The van der Waals surface area contributed by atoms with Crippen molar-refractivity contribution >= 4 is 62.9 Å². The summed E-state index contributed by atoms with van der Waals surface area (Å²) in [7, 11) is -5.39. The Morgan fingerprint density at radius 1 is 1.12 bits per heavy atom. The molecule has 5 nitrogen and oxygen atoms in total. The molecule has 0 atom stereocenters. The van der Waals surface area contributed by atoms with Gasteiger partial charge in [-0.2, -0.15) is 7.82 Å². The average Bonchev–Trinajstić information content (AvgIpc) is 0.722. The molecule has 0 bridgehead atoms. The zero-order chi connectivity index (χ0) is 4.50. The molecule has 0 radical (unpaired) electrons. The molecule has 8 heavy (non-hydrogen) atoms. The van der Waals surface area contributed by atoms with Crippen molar-refractivity contribution in [1.29, 1.82) is 0 Å². The summed E-state index contributed by atoms with van der Waals surface area (Å²) in [6.07, 6.45) is 0. The van der Waals surface area contributed by atoms with Gasteiger partial charge in [0, 0.05) is 0 Å². The van der Waals surface area contributed by atoms with Crippen LogP contribution in [0.1, 0.15) is 0 Å². The monoisotopic (exact) mass is 178 g/mol. The topological polar surface area (TPSA) is 115 Å². The SMILES string of the molecule is O=P([O-])([O-])[O-].[Al+3].[Ca+2].[O-2]. The first kappa shape index (κ1) is 22.5. The number of hydrogen-bond donors (Lipinski definition) is 0. The van der Waals surface area contributed by atoms with Crippen LogP contribution in [-0.2, 0) is 10.0 Å². The Morgan fingerprint density at radius 2 is 1.12 bits per heavy atom. The van der Waals surface area contributed by atoms with Crippen LogP contribution < -0.4 is 14.7 Å². The van der Waals surface area contributed by atoms with Gasteiger partial charge in [0.2, 0.25) is 0 Å². The van der Waals surface area contributed by atoms with Gasteiger partial charge in [-0.15, -0.1) is 0 Å². The van der Waals surface area contributed by atoms with E-state index >= 15 is 0 Å². The van der Waals surface area contributed by atoms with Crippen molar-refractivity contribution in [3.05, 3.63) is 0 Å². The van der Waals surface area contributed by atoms with Gasteiger partial charge in [-0.25, -0.2) is 0 Å². The van der Waals surface area contributed by atoms with Gasteiger partial charge in [0.05, 0.1) is 0 Å². The Hall–Kier alpha value is 1.86. The van der Waals surface area contributed by atoms with Crippen LogP contribution in [0, 0.1) is 0 Å². The fourth-order valence-electron chi connectivity index (χ4n) is 0. The average molecular weight is 178 g/mol. The second-order valence-electron chi connectivity index (χ2n) is 0.447. The summed E-state index contributed by atoms with van der Waals surface area (Å²) in [5.41, 5.74) is 0. The van der Waals surface area contributed by atoms with E-state index in [1.165, 1.54) is 0 Å². The van der Waals surface area contributed by atoms with Crippen LogP contribution in [0.5, 0.6) is 0 Å². The van der Waals surface area contributed by atoms with Crippen LogP contribution in [0.4, 0.5) is 0 Å². The molecule has 0 aromatic carbocycles. The fourth-order valence-corrected chi connectivity index (χ4v) is 0. The Kier molecular flexibility index (Phi) is 25.0. The Balaban J connectivity index is -0.0000000267. The third kappa shape index (κ3) is 107. The van der Waals surface area contributed by atoms with Gasteiger partial charge < -0.3 is 24.7 Å². The van der Waals surface area contributed by atoms with E-state index in [-0.39, 0.29) is 60.6 Å². The maximum atomic E-state index is 8.55. The number of phosphoric acid groups is 1. The van der Waals surface area contributed by atoms with E-state index in [2.05, 4.69) is 0 Å². The van der Waals surface area contributed by atoms with E-state index in [1.54, 1.807) is 0 Å². The number of rotatable bonds is 0. The second-order valence-corrected chi connectivity index (χ2v) is 1.34. The molecule has 8 heteroatoms. The Labute approximate surface area is 86.8 Å². The van der Waals surface area contributed by atoms with Gasteiger partial charge >= 0.3 is 55.1 Å². The largest absolute Gasteiger partial charge is 3.00 e. The molecule has 0 saturated heterocycles. The van der Waals surface area contributed by atoms with E-state index in [0.29, 0.717) is 0 Å². The zero-order valence-corrected chi connectivity index (χ0v) is 8.03. The van der Waals surface area contributed by atoms with Crippen LogP contribution in [0.25, 0.3) is 0 Å². The molecule has 0 unspecified atom stereocenters. The van der Waals surface area contributed by atoms with Crippen LogP contribution in [0.15, 0.2) is 0 Å². The molecule has 0 fully saturated rings. The first-order valence-electron chi connectivity index (χ1n) is 0.730. The molecule has 40 valence electrons. The zero-order valence-electron chi connectivity index (χ0n) is 3.77. The van der Waals surface area contributed by atoms with Crippen molar-refractivity contribution in [2.45, 2.75) is 0 Å². The molecule has 0 amide bonds. The van der Waals surface area contributed by atoms with Gasteiger partial charge in [0.25, 0.3) is 0 Å². The minimum Gasteiger partial charge on any atom is -2.00 e. The predicted molar refractivity (Wildman–Crippen MR) is 19.8 cm³/mol. The van der Waals surface area contributed by atoms with Crippen molar-refractivity contribution in [2.75, 3.05) is 0 Å². The second kappa shape index (κ2) is 8.86. The molecule has 0 aliphatic rings. The predicted octanol–water partition coefficient (Wildman–Crippen LogP) is -3.70. The van der Waals surface area contributed by atoms with Crippen LogP contribution in [0.3, 0.4) is 0 Å². The smallest absolute Gasteiger partial charge is 2.00 e. The first-order chi connectivity index (χ1) is 2.00. The van der Waals surface area contributed by atoms with Gasteiger partial charge in [-0.05, 0) is 0 Å². The molecule has 0 aromatic rings. The summed E-state index contributed by atoms with van der Waals surface area (Å²) in [5, 5.41) is 0. The maximum Gasteiger partial charge on any atom is 3.00 e. The van der Waals surface area contributed by atoms with E-state index in [1.807, 2.05) is 0 Å². The van der Waals surface area contributed by atoms with Crippen LogP contribution in [0.2, 0.25) is 0 Å². The summed E-state index contributed by atoms with van der Waals surface area (Å²) >= 11 is 0. The molecular formula is AlCaO5P. The molecule has 0 rings (SSSR count). The normalized spacial score (nSPS) is 7.38. The molecule has 0 saturated carbocycles. The van der Waals surface area contributed by atoms with E-state index in [0.717, 1.165) is 0 Å². The van der Waals surface area contributed by atoms with Crippen molar-refractivity contribution in [3.63, 3.8) is 0 Å². The molecule has 0 spiro atoms. The van der Waals surface area contributed by atoms with E-state index < -0.39 is 7.82 Å². The summed E-state index contributed by atoms with van der Waals surface area (Å²) in [6.45, 7) is 0. The molecule has 0 heterocycles. The fraction of sp³-hybridized carbons (Fsp3) is 0. The standard InChI is InChI=1S/Al.Ca.H3O4P.O/c;;1-5(2,3)4;/h;;(H3,1,2,3,4);/q+3;+2;;-2/p-3. The summed E-state index contributed by atoms with van der Waals surface area (Å²) in [4.78, 5) is 25.6. The minimum absolute atomic E-state index is 0. The van der Waals surface area contributed by atoms with E-state index in [4.69, 9.17) is 19.2 Å². The van der Waals surface area contributed by atoms with Crippen molar-refractivity contribution in [3.8, 4) is 0 Å². The van der Waals surface area contributed by atoms with Gasteiger partial charge in [-0.3, -0.25) is 0 Å². The van der Waals surface area contributed by atoms with Gasteiger partial charge in [-0.1, -0.05) is 0 Å². The first-order valence-corrected chi connectivity index (χ1v) is 2.19. The quantitative estimate of drug-likeness (QED) is 0.280. The summed E-state index contributed by atoms with van der Waals surface area (Å²) < 4.78 is 8.55. The van der Waals surface area contributed by atoms with Gasteiger partial charge in [0.15, 0.2) is 0 Å². The van der Waals surface area contributed by atoms with E-state index in [9.17, 15) is 0 Å². The number of hydrogen-bond acceptors (Lipinski definition) is 4. The van der Waals surface area contributed by atoms with Crippen molar-refractivity contribution < 1.29 is 24.7 Å². The van der Waals surface area contributed by atoms with Gasteiger partial charge in [0.1, 0.15) is 0 Å². The summed E-state index contributed by atoms with van der Waals surface area (Å²) in [5.74, 6) is 0. The van der Waals surface area contributed by atoms with Crippen molar-refractivity contribution in [2.24, 2.45) is 0 Å². The summed E-state index contributed by atoms with van der Waals surface area (Å²) in [6, 6.07) is 0. The molecule has 0 N–H and O–H groups in total. The molecular weight excluding hydrogens is 178 g/mol. The molecule has 0 aromatic heterocycles. The van der Waals surface area contributed by atoms with Crippen LogP contribution in [-0.4, -0.2) is 55.1 Å². The minimum atomic E-state index is -5.39. The maximum absolute atomic E-state index is 8.55. The Bertz CT molecular complexity index is 58.6. The molecule has 0 aliphatic heterocycles. The van der Waals surface area contributed by atoms with Crippen LogP contribution >= 0.6 is 7.82 Å². The molecule has 0 aliphatic carbocycles. The van der Waals surface area contributed by atoms with Crippen molar-refractivity contribution in [1.82, 2.24) is 0 Å². The third-order valence-electron chi connectivity index (χ3n) is 0. The Morgan fingerprint density at radius 3 is 1.12 bits per heavy atom.